The zero-order valence-corrected chi connectivity index (χ0v) is 18.0. The fraction of sp³-hybridized carbons (Fsp3) is 0.375. The lowest BCUT2D eigenvalue weighted by Gasteiger charge is -2.37. The third-order valence-corrected chi connectivity index (χ3v) is 6.16. The van der Waals surface area contributed by atoms with Crippen molar-refractivity contribution in [2.24, 2.45) is 0 Å². The first-order valence-electron chi connectivity index (χ1n) is 10.7. The molecule has 0 spiro atoms. The first kappa shape index (κ1) is 21.4. The third kappa shape index (κ3) is 4.74. The van der Waals surface area contributed by atoms with Crippen LogP contribution in [-0.2, 0) is 14.4 Å². The maximum atomic E-state index is 13.3. The Labute approximate surface area is 186 Å². The highest BCUT2D eigenvalue weighted by Crippen LogP contribution is 2.31. The van der Waals surface area contributed by atoms with Gasteiger partial charge in [0.05, 0.1) is 12.1 Å². The largest absolute Gasteiger partial charge is 0.484 e. The quantitative estimate of drug-likeness (QED) is 0.631. The number of halogens is 1. The van der Waals surface area contributed by atoms with Gasteiger partial charge < -0.3 is 9.64 Å². The summed E-state index contributed by atoms with van der Waals surface area (Å²) in [5.41, 5.74) is 0.471. The molecule has 0 bridgehead atoms. The monoisotopic (exact) mass is 440 g/mol. The predicted molar refractivity (Wildman–Crippen MR) is 118 cm³/mol. The number of ether oxygens (including phenoxy) is 1. The van der Waals surface area contributed by atoms with Crippen molar-refractivity contribution in [3.8, 4) is 5.75 Å². The van der Waals surface area contributed by atoms with Crippen LogP contribution in [0.4, 0.5) is 5.69 Å². The van der Waals surface area contributed by atoms with Crippen molar-refractivity contribution < 1.29 is 19.1 Å². The number of para-hydroxylation sites is 1. The minimum absolute atomic E-state index is 0.0188. The van der Waals surface area contributed by atoms with Crippen LogP contribution in [0.15, 0.2) is 54.6 Å². The van der Waals surface area contributed by atoms with Gasteiger partial charge in [0.2, 0.25) is 5.91 Å². The van der Waals surface area contributed by atoms with Crippen molar-refractivity contribution in [2.75, 3.05) is 11.5 Å². The van der Waals surface area contributed by atoms with Crippen LogP contribution in [0.3, 0.4) is 0 Å². The van der Waals surface area contributed by atoms with E-state index in [0.717, 1.165) is 32.1 Å². The van der Waals surface area contributed by atoms with E-state index in [1.807, 2.05) is 18.2 Å². The second kappa shape index (κ2) is 9.52. The molecular weight excluding hydrogens is 416 g/mol. The molecule has 1 aliphatic heterocycles. The molecule has 4 rings (SSSR count). The summed E-state index contributed by atoms with van der Waals surface area (Å²) in [5.74, 6) is -0.350. The van der Waals surface area contributed by atoms with Gasteiger partial charge in [-0.25, -0.2) is 4.90 Å². The lowest BCUT2D eigenvalue weighted by molar-refractivity contribution is -0.143. The predicted octanol–water partition coefficient (Wildman–Crippen LogP) is 4.21. The lowest BCUT2D eigenvalue weighted by atomic mass is 9.92. The van der Waals surface area contributed by atoms with Crippen molar-refractivity contribution in [1.29, 1.82) is 0 Å². The van der Waals surface area contributed by atoms with Gasteiger partial charge in [-0.2, -0.15) is 0 Å². The van der Waals surface area contributed by atoms with E-state index in [4.69, 9.17) is 16.3 Å². The normalized spacial score (nSPS) is 19.5. The van der Waals surface area contributed by atoms with Gasteiger partial charge in [-0.15, -0.1) is 0 Å². The van der Waals surface area contributed by atoms with Crippen LogP contribution >= 0.6 is 11.6 Å². The first-order valence-corrected chi connectivity index (χ1v) is 11.0. The molecule has 6 nitrogen and oxygen atoms in total. The van der Waals surface area contributed by atoms with E-state index in [2.05, 4.69) is 0 Å². The minimum atomic E-state index is -0.807. The van der Waals surface area contributed by atoms with Crippen LogP contribution in [0, 0.1) is 0 Å². The number of carbonyl (C=O) groups excluding carboxylic acids is 3. The number of hydrogen-bond donors (Lipinski definition) is 0. The summed E-state index contributed by atoms with van der Waals surface area (Å²) in [4.78, 5) is 42.1. The number of hydrogen-bond acceptors (Lipinski definition) is 4. The molecule has 3 amide bonds. The Morgan fingerprint density at radius 2 is 1.68 bits per heavy atom. The van der Waals surface area contributed by atoms with E-state index in [0.29, 0.717) is 16.5 Å². The zero-order valence-electron chi connectivity index (χ0n) is 17.2. The minimum Gasteiger partial charge on any atom is -0.484 e. The second-order valence-corrected chi connectivity index (χ2v) is 8.39. The highest BCUT2D eigenvalue weighted by molar-refractivity contribution is 6.30. The molecule has 1 unspecified atom stereocenters. The number of nitrogens with zero attached hydrogens (tertiary/aromatic N) is 2. The van der Waals surface area contributed by atoms with Crippen molar-refractivity contribution in [1.82, 2.24) is 4.90 Å². The lowest BCUT2D eigenvalue weighted by Crippen LogP contribution is -2.52. The van der Waals surface area contributed by atoms with E-state index >= 15 is 0 Å². The van der Waals surface area contributed by atoms with Crippen LogP contribution in [0.2, 0.25) is 5.02 Å². The standard InChI is InChI=1S/C24H25ClN2O4/c25-17-11-13-19(14-12-17)27-22(28)15-21(24(27)30)26(18-7-3-1-4-8-18)23(29)16-31-20-9-5-2-6-10-20/h2,5-6,9-14,18,21H,1,3-4,7-8,15-16H2. The molecule has 162 valence electrons. The molecule has 2 fully saturated rings. The fourth-order valence-electron chi connectivity index (χ4n) is 4.42. The Balaban J connectivity index is 1.55. The van der Waals surface area contributed by atoms with E-state index < -0.39 is 6.04 Å². The third-order valence-electron chi connectivity index (χ3n) is 5.91. The van der Waals surface area contributed by atoms with Gasteiger partial charge in [-0.1, -0.05) is 49.1 Å². The van der Waals surface area contributed by atoms with Gasteiger partial charge in [-0.3, -0.25) is 14.4 Å². The molecule has 7 heteroatoms. The summed E-state index contributed by atoms with van der Waals surface area (Å²) in [7, 11) is 0. The van der Waals surface area contributed by atoms with Crippen molar-refractivity contribution >= 4 is 35.0 Å². The van der Waals surface area contributed by atoms with E-state index in [1.54, 1.807) is 41.3 Å². The molecule has 1 saturated heterocycles. The molecule has 1 aliphatic carbocycles. The highest BCUT2D eigenvalue weighted by Gasteiger charge is 2.46. The Hall–Kier alpha value is -2.86. The Bertz CT molecular complexity index is 942. The number of benzene rings is 2. The molecule has 2 aromatic rings. The highest BCUT2D eigenvalue weighted by atomic mass is 35.5. The summed E-state index contributed by atoms with van der Waals surface area (Å²) in [5, 5.41) is 0.525. The second-order valence-electron chi connectivity index (χ2n) is 7.96. The van der Waals surface area contributed by atoms with Gasteiger partial charge in [0.1, 0.15) is 11.8 Å². The Morgan fingerprint density at radius 1 is 1.00 bits per heavy atom. The zero-order chi connectivity index (χ0) is 21.8. The Kier molecular flexibility index (Phi) is 6.56. The topological polar surface area (TPSA) is 66.9 Å². The SMILES string of the molecule is O=C1CC(N(C(=O)COc2ccccc2)C2CCCCC2)C(=O)N1c1ccc(Cl)cc1. The molecule has 0 aromatic heterocycles. The summed E-state index contributed by atoms with van der Waals surface area (Å²) in [6, 6.07) is 14.8. The molecule has 31 heavy (non-hydrogen) atoms. The smallest absolute Gasteiger partial charge is 0.261 e. The van der Waals surface area contributed by atoms with Crippen LogP contribution in [0.25, 0.3) is 0 Å². The van der Waals surface area contributed by atoms with E-state index in [1.165, 1.54) is 4.90 Å². The molecule has 1 heterocycles. The molecule has 2 aromatic carbocycles. The average Bonchev–Trinajstić information content (AvgIpc) is 3.08. The summed E-state index contributed by atoms with van der Waals surface area (Å²) >= 11 is 5.94. The fourth-order valence-corrected chi connectivity index (χ4v) is 4.55. The first-order chi connectivity index (χ1) is 15.0. The molecule has 0 N–H and O–H groups in total. The number of carbonyl (C=O) groups is 3. The van der Waals surface area contributed by atoms with Crippen molar-refractivity contribution in [3.05, 3.63) is 59.6 Å². The van der Waals surface area contributed by atoms with Gasteiger partial charge in [-0.05, 0) is 49.2 Å². The van der Waals surface area contributed by atoms with Crippen LogP contribution in [-0.4, -0.2) is 41.3 Å². The number of imide groups is 1. The molecule has 0 radical (unpaired) electrons. The van der Waals surface area contributed by atoms with Gasteiger partial charge in [0.25, 0.3) is 11.8 Å². The van der Waals surface area contributed by atoms with E-state index in [9.17, 15) is 14.4 Å². The molecular formula is C24H25ClN2O4. The maximum absolute atomic E-state index is 13.3. The van der Waals surface area contributed by atoms with E-state index in [-0.39, 0.29) is 36.8 Å². The Morgan fingerprint density at radius 3 is 2.35 bits per heavy atom. The average molecular weight is 441 g/mol. The van der Waals surface area contributed by atoms with Gasteiger partial charge >= 0.3 is 0 Å². The summed E-state index contributed by atoms with van der Waals surface area (Å²) in [6.45, 7) is -0.167. The van der Waals surface area contributed by atoms with Crippen LogP contribution in [0.5, 0.6) is 5.75 Å². The molecule has 2 aliphatic rings. The van der Waals surface area contributed by atoms with Gasteiger partial charge in [0, 0.05) is 11.1 Å². The summed E-state index contributed by atoms with van der Waals surface area (Å²) < 4.78 is 5.67. The van der Waals surface area contributed by atoms with Crippen LogP contribution < -0.4 is 9.64 Å². The van der Waals surface area contributed by atoms with Gasteiger partial charge in [0.15, 0.2) is 6.61 Å². The maximum Gasteiger partial charge on any atom is 0.261 e. The number of anilines is 1. The van der Waals surface area contributed by atoms with Crippen molar-refractivity contribution in [2.45, 2.75) is 50.6 Å². The number of rotatable bonds is 6. The van der Waals surface area contributed by atoms with Crippen molar-refractivity contribution in [3.63, 3.8) is 0 Å². The van der Waals surface area contributed by atoms with Crippen LogP contribution in [0.1, 0.15) is 38.5 Å². The molecule has 1 atom stereocenters. The summed E-state index contributed by atoms with van der Waals surface area (Å²) in [6.07, 6.45) is 4.77. The molecule has 1 saturated carbocycles. The number of amides is 3.